The van der Waals surface area contributed by atoms with Crippen molar-refractivity contribution >= 4 is 11.2 Å². The molecule has 0 spiro atoms. The lowest BCUT2D eigenvalue weighted by Crippen LogP contribution is -2.58. The maximum absolute atomic E-state index is 12.1. The van der Waals surface area contributed by atoms with Crippen molar-refractivity contribution in [2.75, 3.05) is 6.61 Å². The van der Waals surface area contributed by atoms with E-state index in [4.69, 9.17) is 4.74 Å². The molecule has 1 fully saturated rings. The van der Waals surface area contributed by atoms with E-state index in [1.54, 1.807) is 0 Å². The van der Waals surface area contributed by atoms with Crippen LogP contribution in [0.5, 0.6) is 0 Å². The molecule has 0 bridgehead atoms. The average Bonchev–Trinajstić information content (AvgIpc) is 2.89. The minimum absolute atomic E-state index is 0.256. The first-order valence-electron chi connectivity index (χ1n) is 6.62. The molecule has 0 radical (unpaired) electrons. The van der Waals surface area contributed by atoms with Crippen LogP contribution >= 0.6 is 0 Å². The fraction of sp³-hybridized carbons (Fsp3) is 0.545. The first-order valence-corrected chi connectivity index (χ1v) is 6.62. The second-order valence-corrected chi connectivity index (χ2v) is 5.15. The number of fused-ring (bicyclic) bond motifs is 1. The molecule has 0 unspecified atom stereocenters. The summed E-state index contributed by atoms with van der Waals surface area (Å²) in [6.07, 6.45) is -7.88. The Kier molecular flexibility index (Phi) is 3.69. The summed E-state index contributed by atoms with van der Waals surface area (Å²) in [6.45, 7) is -0.688. The van der Waals surface area contributed by atoms with E-state index in [0.29, 0.717) is 0 Å². The molecule has 0 amide bonds. The molecule has 0 saturated carbocycles. The normalized spacial score (nSPS) is 31.6. The van der Waals surface area contributed by atoms with Gasteiger partial charge in [-0.3, -0.25) is 19.7 Å². The number of aromatic amines is 3. The Morgan fingerprint density at radius 3 is 2.35 bits per heavy atom. The van der Waals surface area contributed by atoms with Crippen molar-refractivity contribution in [2.24, 2.45) is 0 Å². The van der Waals surface area contributed by atoms with E-state index in [9.17, 15) is 34.8 Å². The van der Waals surface area contributed by atoms with Crippen molar-refractivity contribution in [1.82, 2.24) is 19.5 Å². The molecule has 1 saturated heterocycles. The molecule has 5 atom stereocenters. The van der Waals surface area contributed by atoms with Crippen LogP contribution in [0.3, 0.4) is 0 Å². The standard InChI is InChI=1S/C11H14N4O8/c16-1-2-4(17)5(18)6(19)9(23-2)15-7-3(12-10(21)13-7)8(20)14-11(15)22/h2,4-6,9,16-19H,1H2,(H2,12,13,21)(H,14,20,22)/t2-,4-,5+,6-,9-/m1/s1. The van der Waals surface area contributed by atoms with Crippen LogP contribution in [0.25, 0.3) is 11.2 Å². The molecule has 126 valence electrons. The summed E-state index contributed by atoms with van der Waals surface area (Å²) in [7, 11) is 0. The Labute approximate surface area is 125 Å². The zero-order chi connectivity index (χ0) is 16.9. The molecule has 1 aliphatic heterocycles. The predicted octanol–water partition coefficient (Wildman–Crippen LogP) is -4.32. The summed E-state index contributed by atoms with van der Waals surface area (Å²) in [5.41, 5.74) is -3.15. The first-order chi connectivity index (χ1) is 10.8. The highest BCUT2D eigenvalue weighted by Crippen LogP contribution is 2.28. The van der Waals surface area contributed by atoms with Crippen molar-refractivity contribution < 1.29 is 25.2 Å². The number of rotatable bonds is 2. The number of hydrogen-bond acceptors (Lipinski definition) is 8. The molecular formula is C11H14N4O8. The quantitative estimate of drug-likeness (QED) is 0.287. The van der Waals surface area contributed by atoms with Crippen molar-refractivity contribution in [3.63, 3.8) is 0 Å². The zero-order valence-corrected chi connectivity index (χ0v) is 11.5. The molecule has 1 aliphatic rings. The SMILES string of the molecule is O=c1[nH]c2c(=O)[nH]c(=O)n([C@@H]3O[C@H](CO)[C@@H](O)[C@H](O)[C@H]3O)c2[nH]1. The van der Waals surface area contributed by atoms with E-state index in [1.807, 2.05) is 4.98 Å². The van der Waals surface area contributed by atoms with Gasteiger partial charge in [0.2, 0.25) is 0 Å². The highest BCUT2D eigenvalue weighted by molar-refractivity contribution is 5.68. The lowest BCUT2D eigenvalue weighted by atomic mass is 9.98. The molecule has 3 rings (SSSR count). The number of imidazole rings is 1. The molecule has 23 heavy (non-hydrogen) atoms. The number of ether oxygens (including phenoxy) is 1. The largest absolute Gasteiger partial charge is 0.394 e. The Morgan fingerprint density at radius 2 is 1.70 bits per heavy atom. The number of aliphatic hydroxyl groups excluding tert-OH is 4. The molecule has 2 aromatic heterocycles. The van der Waals surface area contributed by atoms with Crippen molar-refractivity contribution in [2.45, 2.75) is 30.6 Å². The van der Waals surface area contributed by atoms with Crippen LogP contribution in [0.2, 0.25) is 0 Å². The Morgan fingerprint density at radius 1 is 1.00 bits per heavy atom. The van der Waals surface area contributed by atoms with Gasteiger partial charge < -0.3 is 25.2 Å². The fourth-order valence-electron chi connectivity index (χ4n) is 2.58. The Hall–Kier alpha value is -2.25. The van der Waals surface area contributed by atoms with E-state index in [-0.39, 0.29) is 11.2 Å². The minimum Gasteiger partial charge on any atom is -0.394 e. The van der Waals surface area contributed by atoms with Gasteiger partial charge in [0.15, 0.2) is 17.4 Å². The van der Waals surface area contributed by atoms with Crippen LogP contribution < -0.4 is 16.9 Å². The van der Waals surface area contributed by atoms with Gasteiger partial charge in [-0.1, -0.05) is 0 Å². The van der Waals surface area contributed by atoms with Gasteiger partial charge in [0, 0.05) is 0 Å². The third-order valence-corrected chi connectivity index (χ3v) is 3.74. The van der Waals surface area contributed by atoms with Crippen molar-refractivity contribution in [1.29, 1.82) is 0 Å². The first kappa shape index (κ1) is 15.6. The highest BCUT2D eigenvalue weighted by atomic mass is 16.6. The summed E-state index contributed by atoms with van der Waals surface area (Å²) < 4.78 is 5.97. The number of nitrogens with one attached hydrogen (secondary N) is 3. The van der Waals surface area contributed by atoms with E-state index in [2.05, 4.69) is 9.97 Å². The van der Waals surface area contributed by atoms with E-state index in [0.717, 1.165) is 4.57 Å². The lowest BCUT2D eigenvalue weighted by Gasteiger charge is -2.40. The van der Waals surface area contributed by atoms with Crippen molar-refractivity contribution in [3.05, 3.63) is 31.3 Å². The van der Waals surface area contributed by atoms with Crippen LogP contribution in [0.15, 0.2) is 14.4 Å². The number of H-pyrrole nitrogens is 3. The molecule has 2 aromatic rings. The minimum atomic E-state index is -1.75. The highest BCUT2D eigenvalue weighted by Gasteiger charge is 2.45. The topological polar surface area (TPSA) is 194 Å². The van der Waals surface area contributed by atoms with Gasteiger partial charge in [-0.05, 0) is 0 Å². The lowest BCUT2D eigenvalue weighted by molar-refractivity contribution is -0.251. The van der Waals surface area contributed by atoms with Gasteiger partial charge in [-0.2, -0.15) is 0 Å². The maximum atomic E-state index is 12.1. The monoisotopic (exact) mass is 330 g/mol. The number of aromatic nitrogens is 4. The number of aliphatic hydroxyl groups is 4. The van der Waals surface area contributed by atoms with E-state index >= 15 is 0 Å². The molecule has 12 heteroatoms. The van der Waals surface area contributed by atoms with Gasteiger partial charge in [0.25, 0.3) is 5.56 Å². The molecule has 0 aliphatic carbocycles. The van der Waals surface area contributed by atoms with Crippen LogP contribution in [-0.4, -0.2) is 71.0 Å². The van der Waals surface area contributed by atoms with Gasteiger partial charge in [0.05, 0.1) is 6.61 Å². The smallest absolute Gasteiger partial charge is 0.332 e. The molecule has 0 aromatic carbocycles. The van der Waals surface area contributed by atoms with Crippen LogP contribution in [0.4, 0.5) is 0 Å². The zero-order valence-electron chi connectivity index (χ0n) is 11.5. The molecule has 7 N–H and O–H groups in total. The third kappa shape index (κ3) is 2.32. The average molecular weight is 330 g/mol. The van der Waals surface area contributed by atoms with Gasteiger partial charge in [0.1, 0.15) is 24.4 Å². The van der Waals surface area contributed by atoms with E-state index in [1.165, 1.54) is 0 Å². The predicted molar refractivity (Wildman–Crippen MR) is 72.8 cm³/mol. The van der Waals surface area contributed by atoms with Gasteiger partial charge in [-0.25, -0.2) is 14.2 Å². The second-order valence-electron chi connectivity index (χ2n) is 5.15. The van der Waals surface area contributed by atoms with E-state index < -0.39 is 54.2 Å². The summed E-state index contributed by atoms with van der Waals surface area (Å²) >= 11 is 0. The number of hydrogen-bond donors (Lipinski definition) is 7. The fourth-order valence-corrected chi connectivity index (χ4v) is 2.58. The number of nitrogens with zero attached hydrogens (tertiary/aromatic N) is 1. The molecule has 12 nitrogen and oxygen atoms in total. The summed E-state index contributed by atoms with van der Waals surface area (Å²) in [6, 6.07) is 0. The summed E-state index contributed by atoms with van der Waals surface area (Å²) in [4.78, 5) is 41.5. The molecule has 3 heterocycles. The maximum Gasteiger partial charge on any atom is 0.332 e. The second kappa shape index (κ2) is 5.43. The van der Waals surface area contributed by atoms with Crippen molar-refractivity contribution in [3.8, 4) is 0 Å². The Balaban J connectivity index is 2.21. The summed E-state index contributed by atoms with van der Waals surface area (Å²) in [5.74, 6) is 0. The van der Waals surface area contributed by atoms with Crippen LogP contribution in [0, 0.1) is 0 Å². The summed E-state index contributed by atoms with van der Waals surface area (Å²) in [5, 5.41) is 38.8. The van der Waals surface area contributed by atoms with Gasteiger partial charge in [-0.15, -0.1) is 0 Å². The molecular weight excluding hydrogens is 316 g/mol. The van der Waals surface area contributed by atoms with Crippen LogP contribution in [0.1, 0.15) is 6.23 Å². The Bertz CT molecular complexity index is 892. The van der Waals surface area contributed by atoms with Crippen LogP contribution in [-0.2, 0) is 4.74 Å². The third-order valence-electron chi connectivity index (χ3n) is 3.74. The van der Waals surface area contributed by atoms with Gasteiger partial charge >= 0.3 is 11.4 Å².